The first-order valence-corrected chi connectivity index (χ1v) is 4.79. The van der Waals surface area contributed by atoms with E-state index in [-0.39, 0.29) is 5.60 Å². The normalized spacial score (nSPS) is 12.0. The molecule has 4 heteroatoms. The molecule has 0 amide bonds. The van der Waals surface area contributed by atoms with E-state index in [1.807, 2.05) is 11.6 Å². The molecule has 0 radical (unpaired) electrons. The summed E-state index contributed by atoms with van der Waals surface area (Å²) in [6, 6.07) is 0. The first-order chi connectivity index (χ1) is 6.46. The van der Waals surface area contributed by atoms with Crippen molar-refractivity contribution in [2.45, 2.75) is 39.3 Å². The van der Waals surface area contributed by atoms with E-state index in [0.717, 1.165) is 24.3 Å². The summed E-state index contributed by atoms with van der Waals surface area (Å²) >= 11 is 0. The molecule has 0 aliphatic rings. The molecule has 1 aromatic rings. The third-order valence-corrected chi connectivity index (χ3v) is 2.62. The van der Waals surface area contributed by atoms with Crippen LogP contribution in [0, 0.1) is 6.92 Å². The van der Waals surface area contributed by atoms with E-state index in [0.29, 0.717) is 0 Å². The van der Waals surface area contributed by atoms with E-state index in [1.165, 1.54) is 0 Å². The molecule has 4 nitrogen and oxygen atoms in total. The maximum absolute atomic E-state index is 5.70. The largest absolute Gasteiger partial charge is 0.396 e. The Morgan fingerprint density at radius 3 is 2.64 bits per heavy atom. The van der Waals surface area contributed by atoms with Gasteiger partial charge in [0.1, 0.15) is 0 Å². The number of ether oxygens (including phenoxy) is 1. The minimum atomic E-state index is -0.104. The van der Waals surface area contributed by atoms with Crippen LogP contribution in [0.25, 0.3) is 0 Å². The molecule has 0 atom stereocenters. The summed E-state index contributed by atoms with van der Waals surface area (Å²) in [5.74, 6) is 0. The summed E-state index contributed by atoms with van der Waals surface area (Å²) in [5.41, 5.74) is 7.37. The fourth-order valence-electron chi connectivity index (χ4n) is 1.16. The van der Waals surface area contributed by atoms with E-state index in [4.69, 9.17) is 10.5 Å². The Labute approximate surface area is 85.0 Å². The Balaban J connectivity index is 2.58. The topological polar surface area (TPSA) is 53.1 Å². The number of anilines is 1. The van der Waals surface area contributed by atoms with Crippen LogP contribution in [0.2, 0.25) is 0 Å². The van der Waals surface area contributed by atoms with Crippen LogP contribution in [0.4, 0.5) is 5.69 Å². The Kier molecular flexibility index (Phi) is 3.16. The highest BCUT2D eigenvalue weighted by Gasteiger charge is 2.16. The summed E-state index contributed by atoms with van der Waals surface area (Å²) in [6.45, 7) is 6.94. The van der Waals surface area contributed by atoms with Gasteiger partial charge in [-0.15, -0.1) is 0 Å². The number of aryl methyl sites for hydroxylation is 1. The van der Waals surface area contributed by atoms with Crippen LogP contribution in [0.5, 0.6) is 0 Å². The number of hydrogen-bond acceptors (Lipinski definition) is 3. The maximum Gasteiger partial charge on any atom is 0.0730 e. The van der Waals surface area contributed by atoms with Gasteiger partial charge in [0.05, 0.1) is 23.2 Å². The Hall–Kier alpha value is -1.03. The molecule has 80 valence electrons. The maximum atomic E-state index is 5.70. The molecule has 2 N–H and O–H groups in total. The van der Waals surface area contributed by atoms with Gasteiger partial charge in [0.2, 0.25) is 0 Å². The van der Waals surface area contributed by atoms with Crippen LogP contribution in [-0.4, -0.2) is 22.5 Å². The SMILES string of the molecule is COC(C)(C)CCn1ncc(N)c1C. The van der Waals surface area contributed by atoms with Gasteiger partial charge in [0, 0.05) is 13.7 Å². The molecule has 0 aromatic carbocycles. The second-order valence-electron chi connectivity index (χ2n) is 4.12. The van der Waals surface area contributed by atoms with E-state index in [1.54, 1.807) is 13.3 Å². The molecule has 0 unspecified atom stereocenters. The second kappa shape index (κ2) is 4.00. The smallest absolute Gasteiger partial charge is 0.0730 e. The predicted molar refractivity (Wildman–Crippen MR) is 57.1 cm³/mol. The van der Waals surface area contributed by atoms with Crippen molar-refractivity contribution in [2.75, 3.05) is 12.8 Å². The van der Waals surface area contributed by atoms with Crippen LogP contribution < -0.4 is 5.73 Å². The highest BCUT2D eigenvalue weighted by Crippen LogP contribution is 2.16. The van der Waals surface area contributed by atoms with Crippen LogP contribution in [0.3, 0.4) is 0 Å². The highest BCUT2D eigenvalue weighted by atomic mass is 16.5. The number of aromatic nitrogens is 2. The van der Waals surface area contributed by atoms with Crippen molar-refractivity contribution < 1.29 is 4.74 Å². The van der Waals surface area contributed by atoms with Crippen molar-refractivity contribution in [3.8, 4) is 0 Å². The van der Waals surface area contributed by atoms with Crippen molar-refractivity contribution in [3.63, 3.8) is 0 Å². The lowest BCUT2D eigenvalue weighted by atomic mass is 10.1. The summed E-state index contributed by atoms with van der Waals surface area (Å²) in [7, 11) is 1.73. The molecule has 14 heavy (non-hydrogen) atoms. The lowest BCUT2D eigenvalue weighted by molar-refractivity contribution is 0.0112. The lowest BCUT2D eigenvalue weighted by Gasteiger charge is -2.22. The van der Waals surface area contributed by atoms with Crippen molar-refractivity contribution in [1.82, 2.24) is 9.78 Å². The van der Waals surface area contributed by atoms with Gasteiger partial charge in [-0.2, -0.15) is 5.10 Å². The van der Waals surface area contributed by atoms with Gasteiger partial charge < -0.3 is 10.5 Å². The van der Waals surface area contributed by atoms with Crippen molar-refractivity contribution in [2.24, 2.45) is 0 Å². The monoisotopic (exact) mass is 197 g/mol. The lowest BCUT2D eigenvalue weighted by Crippen LogP contribution is -2.25. The second-order valence-corrected chi connectivity index (χ2v) is 4.12. The molecule has 0 bridgehead atoms. The number of rotatable bonds is 4. The first-order valence-electron chi connectivity index (χ1n) is 4.79. The Bertz CT molecular complexity index is 304. The molecule has 0 spiro atoms. The highest BCUT2D eigenvalue weighted by molar-refractivity contribution is 5.39. The van der Waals surface area contributed by atoms with Crippen LogP contribution >= 0.6 is 0 Å². The number of nitrogens with zero attached hydrogens (tertiary/aromatic N) is 2. The van der Waals surface area contributed by atoms with E-state index < -0.39 is 0 Å². The summed E-state index contributed by atoms with van der Waals surface area (Å²) in [6.07, 6.45) is 2.61. The fraction of sp³-hybridized carbons (Fsp3) is 0.700. The third kappa shape index (κ3) is 2.48. The summed E-state index contributed by atoms with van der Waals surface area (Å²) < 4.78 is 7.25. The van der Waals surface area contributed by atoms with Gasteiger partial charge in [-0.05, 0) is 27.2 Å². The third-order valence-electron chi connectivity index (χ3n) is 2.62. The average Bonchev–Trinajstić information content (AvgIpc) is 2.45. The van der Waals surface area contributed by atoms with Gasteiger partial charge >= 0.3 is 0 Å². The number of nitrogens with two attached hydrogens (primary N) is 1. The van der Waals surface area contributed by atoms with Gasteiger partial charge in [0.25, 0.3) is 0 Å². The average molecular weight is 197 g/mol. The van der Waals surface area contributed by atoms with E-state index in [2.05, 4.69) is 18.9 Å². The van der Waals surface area contributed by atoms with Crippen LogP contribution in [0.1, 0.15) is 26.0 Å². The van der Waals surface area contributed by atoms with Crippen molar-refractivity contribution >= 4 is 5.69 Å². The molecular formula is C10H19N3O. The van der Waals surface area contributed by atoms with E-state index in [9.17, 15) is 0 Å². The minimum absolute atomic E-state index is 0.104. The van der Waals surface area contributed by atoms with Gasteiger partial charge in [0.15, 0.2) is 0 Å². The molecule has 0 aliphatic carbocycles. The van der Waals surface area contributed by atoms with Gasteiger partial charge in [-0.1, -0.05) is 0 Å². The number of nitrogen functional groups attached to an aromatic ring is 1. The quantitative estimate of drug-likeness (QED) is 0.797. The zero-order chi connectivity index (χ0) is 10.8. The molecule has 0 saturated heterocycles. The summed E-state index contributed by atoms with van der Waals surface area (Å²) in [4.78, 5) is 0. The first kappa shape index (κ1) is 11.0. The predicted octanol–water partition coefficient (Wildman–Crippen LogP) is 1.59. The molecule has 1 heterocycles. The number of methoxy groups -OCH3 is 1. The summed E-state index contributed by atoms with van der Waals surface area (Å²) in [5, 5.41) is 4.19. The van der Waals surface area contributed by atoms with Crippen molar-refractivity contribution in [3.05, 3.63) is 11.9 Å². The Morgan fingerprint density at radius 2 is 2.21 bits per heavy atom. The zero-order valence-corrected chi connectivity index (χ0v) is 9.37. The molecular weight excluding hydrogens is 178 g/mol. The van der Waals surface area contributed by atoms with Crippen LogP contribution in [0.15, 0.2) is 6.20 Å². The molecule has 0 aliphatic heterocycles. The van der Waals surface area contributed by atoms with Gasteiger partial charge in [-0.3, -0.25) is 4.68 Å². The van der Waals surface area contributed by atoms with E-state index >= 15 is 0 Å². The molecule has 1 aromatic heterocycles. The van der Waals surface area contributed by atoms with Gasteiger partial charge in [-0.25, -0.2) is 0 Å². The van der Waals surface area contributed by atoms with Crippen LogP contribution in [-0.2, 0) is 11.3 Å². The Morgan fingerprint density at radius 1 is 1.57 bits per heavy atom. The minimum Gasteiger partial charge on any atom is -0.396 e. The zero-order valence-electron chi connectivity index (χ0n) is 9.37. The fourth-order valence-corrected chi connectivity index (χ4v) is 1.16. The molecule has 1 rings (SSSR count). The molecule has 0 saturated carbocycles. The molecule has 0 fully saturated rings. The number of hydrogen-bond donors (Lipinski definition) is 1. The standard InChI is InChI=1S/C10H19N3O/c1-8-9(11)7-12-13(8)6-5-10(2,3)14-4/h7H,5-6,11H2,1-4H3. The van der Waals surface area contributed by atoms with Crippen molar-refractivity contribution in [1.29, 1.82) is 0 Å².